The van der Waals surface area contributed by atoms with Gasteiger partial charge in [0, 0.05) is 13.2 Å². The summed E-state index contributed by atoms with van der Waals surface area (Å²) >= 11 is 0. The molecule has 3 unspecified atom stereocenters. The molecule has 5 heteroatoms. The second-order valence-electron chi connectivity index (χ2n) is 4.22. The zero-order valence-corrected chi connectivity index (χ0v) is 11.1. The summed E-state index contributed by atoms with van der Waals surface area (Å²) < 4.78 is 5.11. The van der Waals surface area contributed by atoms with Crippen LogP contribution in [0.25, 0.3) is 0 Å². The van der Waals surface area contributed by atoms with E-state index in [1.807, 2.05) is 6.92 Å². The van der Waals surface area contributed by atoms with Crippen LogP contribution in [0.1, 0.15) is 26.7 Å². The van der Waals surface area contributed by atoms with Gasteiger partial charge in [0.25, 0.3) is 0 Å². The fraction of sp³-hybridized carbons (Fsp3) is 0.909. The lowest BCUT2D eigenvalue weighted by atomic mass is 9.95. The molecule has 1 heterocycles. The predicted octanol–water partition coefficient (Wildman–Crippen LogP) is 0.947. The summed E-state index contributed by atoms with van der Waals surface area (Å²) in [5, 5.41) is 6.38. The molecule has 0 aromatic rings. The molecule has 0 bridgehead atoms. The van der Waals surface area contributed by atoms with E-state index >= 15 is 0 Å². The van der Waals surface area contributed by atoms with Crippen LogP contribution in [0.4, 0.5) is 0 Å². The third kappa shape index (κ3) is 4.28. The van der Waals surface area contributed by atoms with E-state index in [1.54, 1.807) is 7.11 Å². The number of hydrogen-bond donors (Lipinski definition) is 2. The summed E-state index contributed by atoms with van der Waals surface area (Å²) in [6.45, 7) is 6.08. The number of carbonyl (C=O) groups excluding carboxylic acids is 1. The monoisotopic (exact) mass is 250 g/mol. The average molecular weight is 251 g/mol. The fourth-order valence-electron chi connectivity index (χ4n) is 1.96. The number of amides is 1. The number of methoxy groups -OCH3 is 1. The maximum absolute atomic E-state index is 11.8. The first kappa shape index (κ1) is 15.7. The average Bonchev–Trinajstić information content (AvgIpc) is 2.23. The lowest BCUT2D eigenvalue weighted by Gasteiger charge is -2.31. The Labute approximate surface area is 104 Å². The minimum absolute atomic E-state index is 0. The van der Waals surface area contributed by atoms with Crippen molar-refractivity contribution >= 4 is 18.3 Å². The summed E-state index contributed by atoms with van der Waals surface area (Å²) in [6.07, 6.45) is 1.43. The number of carbonyl (C=O) groups is 1. The third-order valence-corrected chi connectivity index (χ3v) is 3.06. The largest absolute Gasteiger partial charge is 0.372 e. The van der Waals surface area contributed by atoms with Gasteiger partial charge in [-0.1, -0.05) is 13.8 Å². The van der Waals surface area contributed by atoms with Crippen LogP contribution in [0.15, 0.2) is 0 Å². The van der Waals surface area contributed by atoms with Gasteiger partial charge in [0.05, 0.1) is 0 Å². The summed E-state index contributed by atoms with van der Waals surface area (Å²) in [4.78, 5) is 11.8. The Kier molecular flexibility index (Phi) is 7.72. The molecule has 0 saturated carbocycles. The van der Waals surface area contributed by atoms with E-state index < -0.39 is 0 Å². The quantitative estimate of drug-likeness (QED) is 0.781. The van der Waals surface area contributed by atoms with Crippen LogP contribution >= 0.6 is 12.4 Å². The Balaban J connectivity index is 0.00000225. The first-order valence-corrected chi connectivity index (χ1v) is 5.73. The SMILES string of the molecule is CCC(OC)C(=O)NC1CCNCC1C.Cl. The summed E-state index contributed by atoms with van der Waals surface area (Å²) in [5.74, 6) is 0.524. The first-order valence-electron chi connectivity index (χ1n) is 5.73. The van der Waals surface area contributed by atoms with Gasteiger partial charge in [0.15, 0.2) is 0 Å². The second-order valence-corrected chi connectivity index (χ2v) is 4.22. The van der Waals surface area contributed by atoms with Gasteiger partial charge >= 0.3 is 0 Å². The summed E-state index contributed by atoms with van der Waals surface area (Å²) in [5.41, 5.74) is 0. The molecule has 16 heavy (non-hydrogen) atoms. The normalized spacial score (nSPS) is 26.7. The Morgan fingerprint density at radius 1 is 1.62 bits per heavy atom. The first-order chi connectivity index (χ1) is 7.19. The molecule has 1 saturated heterocycles. The van der Waals surface area contributed by atoms with Gasteiger partial charge in [0.1, 0.15) is 6.10 Å². The van der Waals surface area contributed by atoms with E-state index in [-0.39, 0.29) is 24.4 Å². The minimum atomic E-state index is -0.299. The molecule has 1 fully saturated rings. The van der Waals surface area contributed by atoms with Crippen molar-refractivity contribution in [3.63, 3.8) is 0 Å². The predicted molar refractivity (Wildman–Crippen MR) is 66.9 cm³/mol. The molecule has 1 aliphatic heterocycles. The molecular weight excluding hydrogens is 228 g/mol. The third-order valence-electron chi connectivity index (χ3n) is 3.06. The number of hydrogen-bond acceptors (Lipinski definition) is 3. The van der Waals surface area contributed by atoms with Crippen molar-refractivity contribution in [3.8, 4) is 0 Å². The van der Waals surface area contributed by atoms with Crippen molar-refractivity contribution < 1.29 is 9.53 Å². The molecule has 0 aliphatic carbocycles. The zero-order valence-electron chi connectivity index (χ0n) is 10.3. The van der Waals surface area contributed by atoms with E-state index in [1.165, 1.54) is 0 Å². The van der Waals surface area contributed by atoms with Crippen LogP contribution in [0, 0.1) is 5.92 Å². The van der Waals surface area contributed by atoms with Gasteiger partial charge < -0.3 is 15.4 Å². The van der Waals surface area contributed by atoms with Gasteiger partial charge in [-0.05, 0) is 31.8 Å². The fourth-order valence-corrected chi connectivity index (χ4v) is 1.96. The van der Waals surface area contributed by atoms with Crippen LogP contribution in [0.2, 0.25) is 0 Å². The topological polar surface area (TPSA) is 50.4 Å². The van der Waals surface area contributed by atoms with Crippen LogP contribution < -0.4 is 10.6 Å². The molecule has 0 spiro atoms. The Morgan fingerprint density at radius 2 is 2.31 bits per heavy atom. The van der Waals surface area contributed by atoms with Crippen molar-refractivity contribution in [1.29, 1.82) is 0 Å². The molecule has 1 amide bonds. The highest BCUT2D eigenvalue weighted by molar-refractivity contribution is 5.85. The molecule has 0 aromatic heterocycles. The van der Waals surface area contributed by atoms with Crippen molar-refractivity contribution in [2.75, 3.05) is 20.2 Å². The second kappa shape index (κ2) is 7.87. The van der Waals surface area contributed by atoms with Gasteiger partial charge in [-0.3, -0.25) is 4.79 Å². The van der Waals surface area contributed by atoms with Crippen molar-refractivity contribution in [3.05, 3.63) is 0 Å². The highest BCUT2D eigenvalue weighted by Gasteiger charge is 2.25. The highest BCUT2D eigenvalue weighted by Crippen LogP contribution is 2.11. The maximum atomic E-state index is 11.8. The number of ether oxygens (including phenoxy) is 1. The van der Waals surface area contributed by atoms with Crippen LogP contribution in [0.5, 0.6) is 0 Å². The van der Waals surface area contributed by atoms with E-state index in [0.29, 0.717) is 12.0 Å². The van der Waals surface area contributed by atoms with Crippen LogP contribution in [-0.2, 0) is 9.53 Å². The molecular formula is C11H23ClN2O2. The highest BCUT2D eigenvalue weighted by atomic mass is 35.5. The Hall–Kier alpha value is -0.320. The van der Waals surface area contributed by atoms with Crippen LogP contribution in [-0.4, -0.2) is 38.3 Å². The van der Waals surface area contributed by atoms with Gasteiger partial charge in [0.2, 0.25) is 5.91 Å². The Bertz CT molecular complexity index is 210. The van der Waals surface area contributed by atoms with Gasteiger partial charge in [-0.15, -0.1) is 12.4 Å². The molecule has 0 radical (unpaired) electrons. The summed E-state index contributed by atoms with van der Waals surface area (Å²) in [6, 6.07) is 0.294. The van der Waals surface area contributed by atoms with Gasteiger partial charge in [-0.2, -0.15) is 0 Å². The van der Waals surface area contributed by atoms with E-state index in [4.69, 9.17) is 4.74 Å². The van der Waals surface area contributed by atoms with Crippen molar-refractivity contribution in [2.45, 2.75) is 38.8 Å². The molecule has 1 rings (SSSR count). The summed E-state index contributed by atoms with van der Waals surface area (Å²) in [7, 11) is 1.58. The van der Waals surface area contributed by atoms with E-state index in [0.717, 1.165) is 25.9 Å². The van der Waals surface area contributed by atoms with E-state index in [9.17, 15) is 4.79 Å². The molecule has 4 nitrogen and oxygen atoms in total. The lowest BCUT2D eigenvalue weighted by Crippen LogP contribution is -2.51. The van der Waals surface area contributed by atoms with E-state index in [2.05, 4.69) is 17.6 Å². The number of halogens is 1. The smallest absolute Gasteiger partial charge is 0.249 e. The molecule has 0 aromatic carbocycles. The standard InChI is InChI=1S/C11H22N2O2.ClH/c1-4-10(15-3)11(14)13-9-5-6-12-7-8(9)2;/h8-10,12H,4-7H2,1-3H3,(H,13,14);1H. The van der Waals surface area contributed by atoms with Crippen LogP contribution in [0.3, 0.4) is 0 Å². The minimum Gasteiger partial charge on any atom is -0.372 e. The number of rotatable bonds is 4. The number of nitrogens with one attached hydrogen (secondary N) is 2. The van der Waals surface area contributed by atoms with Gasteiger partial charge in [-0.25, -0.2) is 0 Å². The Morgan fingerprint density at radius 3 is 2.81 bits per heavy atom. The maximum Gasteiger partial charge on any atom is 0.249 e. The van der Waals surface area contributed by atoms with Crippen molar-refractivity contribution in [1.82, 2.24) is 10.6 Å². The lowest BCUT2D eigenvalue weighted by molar-refractivity contribution is -0.132. The molecule has 3 atom stereocenters. The molecule has 1 aliphatic rings. The number of piperidine rings is 1. The van der Waals surface area contributed by atoms with Crippen molar-refractivity contribution in [2.24, 2.45) is 5.92 Å². The molecule has 2 N–H and O–H groups in total. The molecule has 96 valence electrons. The zero-order chi connectivity index (χ0) is 11.3.